The number of nitrogens with one attached hydrogen (secondary N) is 1. The van der Waals surface area contributed by atoms with Crippen LogP contribution in [0.2, 0.25) is 0 Å². The van der Waals surface area contributed by atoms with Gasteiger partial charge in [-0.3, -0.25) is 13.9 Å². The number of amides is 2. The lowest BCUT2D eigenvalue weighted by atomic mass is 10.1. The van der Waals surface area contributed by atoms with Crippen LogP contribution in [0.4, 0.5) is 11.4 Å². The van der Waals surface area contributed by atoms with Gasteiger partial charge in [0.1, 0.15) is 6.54 Å². The number of rotatable bonds is 6. The maximum Gasteiger partial charge on any atom is 0.254 e. The molecule has 166 valence electrons. The van der Waals surface area contributed by atoms with Crippen LogP contribution in [0.25, 0.3) is 0 Å². The number of hydrogen-bond acceptors (Lipinski definition) is 5. The van der Waals surface area contributed by atoms with Gasteiger partial charge < -0.3 is 15.0 Å². The first-order valence-corrected chi connectivity index (χ1v) is 11.8. The molecule has 0 aliphatic carbocycles. The van der Waals surface area contributed by atoms with E-state index in [9.17, 15) is 18.0 Å². The van der Waals surface area contributed by atoms with Crippen molar-refractivity contribution in [1.29, 1.82) is 0 Å². The molecule has 0 saturated carbocycles. The minimum absolute atomic E-state index is 0.131. The summed E-state index contributed by atoms with van der Waals surface area (Å²) in [7, 11) is -3.72. The average Bonchev–Trinajstić information content (AvgIpc) is 2.74. The normalized spacial score (nSPS) is 14.2. The molecule has 1 N–H and O–H groups in total. The lowest BCUT2D eigenvalue weighted by Gasteiger charge is -2.27. The fraction of sp³-hybridized carbons (Fsp3) is 0.364. The largest absolute Gasteiger partial charge is 0.378 e. The van der Waals surface area contributed by atoms with E-state index in [-0.39, 0.29) is 12.5 Å². The molecule has 31 heavy (non-hydrogen) atoms. The molecule has 1 fully saturated rings. The average molecular weight is 446 g/mol. The highest BCUT2D eigenvalue weighted by molar-refractivity contribution is 7.92. The summed E-state index contributed by atoms with van der Waals surface area (Å²) in [6.45, 7) is 5.43. The van der Waals surface area contributed by atoms with Crippen molar-refractivity contribution in [1.82, 2.24) is 4.90 Å². The van der Waals surface area contributed by atoms with Crippen LogP contribution in [-0.2, 0) is 19.6 Å². The van der Waals surface area contributed by atoms with E-state index in [2.05, 4.69) is 5.32 Å². The first-order chi connectivity index (χ1) is 14.7. The predicted molar refractivity (Wildman–Crippen MR) is 120 cm³/mol. The van der Waals surface area contributed by atoms with Crippen molar-refractivity contribution in [3.8, 4) is 0 Å². The Morgan fingerprint density at radius 1 is 1.03 bits per heavy atom. The molecule has 1 aliphatic rings. The van der Waals surface area contributed by atoms with Gasteiger partial charge in [0.25, 0.3) is 5.91 Å². The third-order valence-corrected chi connectivity index (χ3v) is 6.27. The van der Waals surface area contributed by atoms with Crippen molar-refractivity contribution in [3.63, 3.8) is 0 Å². The summed E-state index contributed by atoms with van der Waals surface area (Å²) in [5.41, 5.74) is 3.24. The number of anilines is 2. The summed E-state index contributed by atoms with van der Waals surface area (Å²) in [5.74, 6) is -0.579. The molecule has 8 nitrogen and oxygen atoms in total. The lowest BCUT2D eigenvalue weighted by molar-refractivity contribution is -0.114. The molecule has 9 heteroatoms. The SMILES string of the molecule is Cc1cccc(C)c1NC(=O)CN(c1ccc(C(=O)N2CCOCC2)cc1)S(C)(=O)=O. The smallest absolute Gasteiger partial charge is 0.254 e. The number of benzene rings is 2. The molecule has 0 radical (unpaired) electrons. The molecule has 2 aromatic carbocycles. The quantitative estimate of drug-likeness (QED) is 0.735. The van der Waals surface area contributed by atoms with Gasteiger partial charge in [-0.15, -0.1) is 0 Å². The predicted octanol–water partition coefficient (Wildman–Crippen LogP) is 2.18. The fourth-order valence-corrected chi connectivity index (χ4v) is 4.30. The number of aryl methyl sites for hydroxylation is 2. The van der Waals surface area contributed by atoms with E-state index in [4.69, 9.17) is 4.74 Å². The van der Waals surface area contributed by atoms with Crippen LogP contribution < -0.4 is 9.62 Å². The van der Waals surface area contributed by atoms with Gasteiger partial charge in [0.2, 0.25) is 15.9 Å². The number of hydrogen-bond donors (Lipinski definition) is 1. The number of carbonyl (C=O) groups excluding carboxylic acids is 2. The Hall–Kier alpha value is -2.91. The van der Waals surface area contributed by atoms with Crippen LogP contribution in [0.3, 0.4) is 0 Å². The number of nitrogens with zero attached hydrogens (tertiary/aromatic N) is 2. The molecule has 0 bridgehead atoms. The van der Waals surface area contributed by atoms with Crippen LogP contribution in [0.1, 0.15) is 21.5 Å². The monoisotopic (exact) mass is 445 g/mol. The zero-order valence-corrected chi connectivity index (χ0v) is 18.7. The van der Waals surface area contributed by atoms with Gasteiger partial charge in [0, 0.05) is 24.3 Å². The first kappa shape index (κ1) is 22.8. The summed E-state index contributed by atoms with van der Waals surface area (Å²) in [4.78, 5) is 26.9. The van der Waals surface area contributed by atoms with E-state index < -0.39 is 15.9 Å². The molecule has 0 unspecified atom stereocenters. The highest BCUT2D eigenvalue weighted by atomic mass is 32.2. The number of sulfonamides is 1. The van der Waals surface area contributed by atoms with Crippen molar-refractivity contribution >= 4 is 33.2 Å². The number of para-hydroxylation sites is 1. The molecule has 1 saturated heterocycles. The zero-order chi connectivity index (χ0) is 22.6. The molecule has 0 spiro atoms. The molecule has 2 amide bonds. The third-order valence-electron chi connectivity index (χ3n) is 5.13. The van der Waals surface area contributed by atoms with Gasteiger partial charge in [-0.25, -0.2) is 8.42 Å². The van der Waals surface area contributed by atoms with E-state index in [0.29, 0.717) is 43.2 Å². The van der Waals surface area contributed by atoms with Gasteiger partial charge in [-0.2, -0.15) is 0 Å². The van der Waals surface area contributed by atoms with Gasteiger partial charge in [-0.05, 0) is 49.2 Å². The minimum Gasteiger partial charge on any atom is -0.378 e. The van der Waals surface area contributed by atoms with Gasteiger partial charge in [0.05, 0.1) is 25.2 Å². The van der Waals surface area contributed by atoms with E-state index >= 15 is 0 Å². The molecular formula is C22H27N3O5S. The van der Waals surface area contributed by atoms with Crippen molar-refractivity contribution < 1.29 is 22.7 Å². The molecule has 0 aromatic heterocycles. The second-order valence-corrected chi connectivity index (χ2v) is 9.44. The van der Waals surface area contributed by atoms with Crippen LogP contribution in [0.5, 0.6) is 0 Å². The molecule has 1 aliphatic heterocycles. The first-order valence-electron chi connectivity index (χ1n) is 9.97. The number of morpholine rings is 1. The lowest BCUT2D eigenvalue weighted by Crippen LogP contribution is -2.40. The third kappa shape index (κ3) is 5.62. The Balaban J connectivity index is 1.76. The Bertz CT molecular complexity index is 1040. The topological polar surface area (TPSA) is 96.0 Å². The Kier molecular flexibility index (Phi) is 6.97. The summed E-state index contributed by atoms with van der Waals surface area (Å²) in [6.07, 6.45) is 1.05. The van der Waals surface area contributed by atoms with Crippen molar-refractivity contribution in [2.75, 3.05) is 48.7 Å². The minimum atomic E-state index is -3.72. The Morgan fingerprint density at radius 2 is 1.61 bits per heavy atom. The second kappa shape index (κ2) is 9.49. The number of carbonyl (C=O) groups is 2. The summed E-state index contributed by atoms with van der Waals surface area (Å²) in [6, 6.07) is 11.9. The maximum absolute atomic E-state index is 12.6. The van der Waals surface area contributed by atoms with Gasteiger partial charge >= 0.3 is 0 Å². The van der Waals surface area contributed by atoms with Crippen molar-refractivity contribution in [2.24, 2.45) is 0 Å². The van der Waals surface area contributed by atoms with Gasteiger partial charge in [0.15, 0.2) is 0 Å². The van der Waals surface area contributed by atoms with E-state index in [1.54, 1.807) is 29.2 Å². The molecule has 3 rings (SSSR count). The van der Waals surface area contributed by atoms with Gasteiger partial charge in [-0.1, -0.05) is 18.2 Å². The number of ether oxygens (including phenoxy) is 1. The Morgan fingerprint density at radius 3 is 2.16 bits per heavy atom. The summed E-state index contributed by atoms with van der Waals surface area (Å²) < 4.78 is 31.0. The van der Waals surface area contributed by atoms with Crippen molar-refractivity contribution in [3.05, 3.63) is 59.2 Å². The van der Waals surface area contributed by atoms with E-state index in [0.717, 1.165) is 21.7 Å². The highest BCUT2D eigenvalue weighted by Gasteiger charge is 2.23. The second-order valence-electron chi connectivity index (χ2n) is 7.54. The highest BCUT2D eigenvalue weighted by Crippen LogP contribution is 2.22. The fourth-order valence-electron chi connectivity index (χ4n) is 3.44. The standard InChI is InChI=1S/C22H27N3O5S/c1-16-5-4-6-17(2)21(16)23-20(26)15-25(31(3,28)29)19-9-7-18(8-10-19)22(27)24-11-13-30-14-12-24/h4-10H,11-15H2,1-3H3,(H,23,26). The van der Waals surface area contributed by atoms with E-state index in [1.807, 2.05) is 32.0 Å². The summed E-state index contributed by atoms with van der Waals surface area (Å²) in [5, 5.41) is 2.81. The molecule has 0 atom stereocenters. The van der Waals surface area contributed by atoms with E-state index in [1.165, 1.54) is 0 Å². The van der Waals surface area contributed by atoms with Crippen LogP contribution in [-0.4, -0.2) is 64.2 Å². The van der Waals surface area contributed by atoms with Crippen LogP contribution in [0.15, 0.2) is 42.5 Å². The Labute approximate surface area is 182 Å². The molecular weight excluding hydrogens is 418 g/mol. The van der Waals surface area contributed by atoms with Crippen LogP contribution in [0, 0.1) is 13.8 Å². The maximum atomic E-state index is 12.6. The summed E-state index contributed by atoms with van der Waals surface area (Å²) >= 11 is 0. The molecule has 2 aromatic rings. The zero-order valence-electron chi connectivity index (χ0n) is 17.9. The molecule has 1 heterocycles. The van der Waals surface area contributed by atoms with Crippen molar-refractivity contribution in [2.45, 2.75) is 13.8 Å². The van der Waals surface area contributed by atoms with Crippen LogP contribution >= 0.6 is 0 Å².